The molecule has 2 aliphatic rings. The predicted octanol–water partition coefficient (Wildman–Crippen LogP) is 7.00. The number of aliphatic hydroxyl groups is 2. The van der Waals surface area contributed by atoms with Crippen LogP contribution in [0.5, 0.6) is 0 Å². The van der Waals surface area contributed by atoms with Gasteiger partial charge in [-0.05, 0) is 72.9 Å². The standard InChI is InChI=1S/C15H17FN2O3.C11H15F.C3H6/c1-10(20)2-3-11(9-19)14-8-17-15(21)18(14)13-6-4-12(16)5-7-13;1-3-4-9(2)10-5-7-11(12)8-6-10;1-2-3-1/h2-7,14,19-20H,8-9H2,1H3,(H,17,21);5-9H,3-4H2,1-2H3;1-3H2/b10-2+,11-3+;;. The van der Waals surface area contributed by atoms with E-state index in [1.165, 1.54) is 92.0 Å². The Bertz CT molecular complexity index is 995. The number of nitrogens with zero attached hydrogens (tertiary/aromatic N) is 1. The van der Waals surface area contributed by atoms with Crippen molar-refractivity contribution in [2.24, 2.45) is 0 Å². The molecule has 1 saturated heterocycles. The van der Waals surface area contributed by atoms with Crippen LogP contribution in [0, 0.1) is 11.6 Å². The van der Waals surface area contributed by atoms with E-state index < -0.39 is 0 Å². The highest BCUT2D eigenvalue weighted by Gasteiger charge is 2.34. The highest BCUT2D eigenvalue weighted by Crippen LogP contribution is 2.25. The minimum absolute atomic E-state index is 0.103. The molecule has 1 heterocycles. The summed E-state index contributed by atoms with van der Waals surface area (Å²) < 4.78 is 25.5. The Morgan fingerprint density at radius 3 is 2.08 bits per heavy atom. The van der Waals surface area contributed by atoms with Crippen molar-refractivity contribution in [2.75, 3.05) is 18.1 Å². The first kappa shape index (κ1) is 29.0. The molecule has 1 aliphatic heterocycles. The van der Waals surface area contributed by atoms with Crippen LogP contribution in [0.15, 0.2) is 72.0 Å². The number of allylic oxidation sites excluding steroid dienone is 3. The van der Waals surface area contributed by atoms with Crippen molar-refractivity contribution in [2.45, 2.75) is 64.8 Å². The lowest BCUT2D eigenvalue weighted by Gasteiger charge is -2.24. The summed E-state index contributed by atoms with van der Waals surface area (Å²) in [6.45, 7) is 5.94. The molecule has 3 N–H and O–H groups in total. The van der Waals surface area contributed by atoms with E-state index in [4.69, 9.17) is 0 Å². The summed E-state index contributed by atoms with van der Waals surface area (Å²) in [6, 6.07) is 11.7. The molecule has 0 spiro atoms. The number of amides is 2. The SMILES string of the molecule is C/C(O)=C\C=C(/CO)C1CNC(=O)N1c1ccc(F)cc1.C1CC1.CCCC(C)c1ccc(F)cc1. The summed E-state index contributed by atoms with van der Waals surface area (Å²) in [5.74, 6) is 0.122. The molecule has 2 aromatic carbocycles. The Balaban J connectivity index is 0.000000254. The summed E-state index contributed by atoms with van der Waals surface area (Å²) in [5, 5.41) is 21.4. The maximum Gasteiger partial charge on any atom is 0.322 e. The Kier molecular flexibility index (Phi) is 12.1. The highest BCUT2D eigenvalue weighted by atomic mass is 19.1. The van der Waals surface area contributed by atoms with Gasteiger partial charge < -0.3 is 15.5 Å². The van der Waals surface area contributed by atoms with E-state index in [1.54, 1.807) is 6.08 Å². The summed E-state index contributed by atoms with van der Waals surface area (Å²) >= 11 is 0. The number of carbonyl (C=O) groups excluding carboxylic acids is 1. The van der Waals surface area contributed by atoms with E-state index in [0.29, 0.717) is 23.7 Å². The number of hydrogen-bond donors (Lipinski definition) is 3. The number of aliphatic hydroxyl groups excluding tert-OH is 2. The topological polar surface area (TPSA) is 72.8 Å². The number of urea groups is 1. The molecule has 0 bridgehead atoms. The molecule has 1 saturated carbocycles. The van der Waals surface area contributed by atoms with Crippen LogP contribution in [0.4, 0.5) is 19.3 Å². The lowest BCUT2D eigenvalue weighted by atomic mass is 9.97. The van der Waals surface area contributed by atoms with Gasteiger partial charge in [-0.15, -0.1) is 0 Å². The third kappa shape index (κ3) is 9.82. The van der Waals surface area contributed by atoms with Crippen LogP contribution < -0.4 is 10.2 Å². The normalized spacial score (nSPS) is 17.9. The second kappa shape index (κ2) is 15.0. The first-order valence-electron chi connectivity index (χ1n) is 12.5. The molecule has 0 radical (unpaired) electrons. The zero-order chi connectivity index (χ0) is 26.5. The quantitative estimate of drug-likeness (QED) is 0.283. The van der Waals surface area contributed by atoms with Crippen molar-refractivity contribution >= 4 is 11.7 Å². The van der Waals surface area contributed by atoms with E-state index in [-0.39, 0.29) is 36.1 Å². The van der Waals surface area contributed by atoms with E-state index in [1.807, 2.05) is 12.1 Å². The fourth-order valence-electron chi connectivity index (χ4n) is 3.59. The average molecular weight is 501 g/mol. The Hall–Kier alpha value is -3.19. The zero-order valence-corrected chi connectivity index (χ0v) is 21.4. The second-order valence-electron chi connectivity index (χ2n) is 9.06. The monoisotopic (exact) mass is 500 g/mol. The van der Waals surface area contributed by atoms with Crippen molar-refractivity contribution in [3.05, 3.63) is 89.2 Å². The van der Waals surface area contributed by atoms with E-state index in [0.717, 1.165) is 0 Å². The molecular weight excluding hydrogens is 462 g/mol. The minimum atomic E-state index is -0.386. The molecule has 7 heteroatoms. The number of rotatable bonds is 7. The van der Waals surface area contributed by atoms with Gasteiger partial charge in [-0.3, -0.25) is 4.90 Å². The number of hydrogen-bond acceptors (Lipinski definition) is 3. The molecule has 4 rings (SSSR count). The average Bonchev–Trinajstić information content (AvgIpc) is 3.70. The van der Waals surface area contributed by atoms with Crippen molar-refractivity contribution in [1.29, 1.82) is 0 Å². The van der Waals surface area contributed by atoms with Gasteiger partial charge in [0.25, 0.3) is 0 Å². The van der Waals surface area contributed by atoms with E-state index in [9.17, 15) is 23.8 Å². The van der Waals surface area contributed by atoms with Gasteiger partial charge in [0.15, 0.2) is 0 Å². The molecule has 0 aromatic heterocycles. The fraction of sp³-hybridized carbons (Fsp3) is 0.414. The Morgan fingerprint density at radius 2 is 1.61 bits per heavy atom. The van der Waals surface area contributed by atoms with Crippen LogP contribution in [0.2, 0.25) is 0 Å². The number of halogens is 2. The van der Waals surface area contributed by atoms with Crippen LogP contribution in [-0.2, 0) is 0 Å². The van der Waals surface area contributed by atoms with Crippen molar-refractivity contribution in [1.82, 2.24) is 5.32 Å². The summed E-state index contributed by atoms with van der Waals surface area (Å²) in [6.07, 6.45) is 9.89. The minimum Gasteiger partial charge on any atom is -0.513 e. The first-order valence-corrected chi connectivity index (χ1v) is 12.5. The molecule has 1 aliphatic carbocycles. The Labute approximate surface area is 213 Å². The van der Waals surface area contributed by atoms with Crippen LogP contribution in [-0.4, -0.2) is 35.4 Å². The third-order valence-electron chi connectivity index (χ3n) is 5.75. The van der Waals surface area contributed by atoms with Crippen LogP contribution in [0.3, 0.4) is 0 Å². The van der Waals surface area contributed by atoms with Crippen LogP contribution in [0.25, 0.3) is 0 Å². The lowest BCUT2D eigenvalue weighted by Crippen LogP contribution is -2.36. The fourth-order valence-corrected chi connectivity index (χ4v) is 3.59. The molecule has 2 amide bonds. The van der Waals surface area contributed by atoms with Gasteiger partial charge in [0.2, 0.25) is 0 Å². The molecule has 2 aromatic rings. The smallest absolute Gasteiger partial charge is 0.322 e. The zero-order valence-electron chi connectivity index (χ0n) is 21.4. The maximum atomic E-state index is 13.0. The maximum absolute atomic E-state index is 13.0. The van der Waals surface area contributed by atoms with Gasteiger partial charge in [-0.2, -0.15) is 0 Å². The third-order valence-corrected chi connectivity index (χ3v) is 5.75. The summed E-state index contributed by atoms with van der Waals surface area (Å²) in [4.78, 5) is 13.4. The molecule has 5 nitrogen and oxygen atoms in total. The van der Waals surface area contributed by atoms with Crippen molar-refractivity contribution in [3.63, 3.8) is 0 Å². The second-order valence-corrected chi connectivity index (χ2v) is 9.06. The van der Waals surface area contributed by atoms with Gasteiger partial charge in [0.05, 0.1) is 18.4 Å². The number of carbonyl (C=O) groups is 1. The van der Waals surface area contributed by atoms with Crippen molar-refractivity contribution in [3.8, 4) is 0 Å². The predicted molar refractivity (Wildman–Crippen MR) is 141 cm³/mol. The molecule has 2 unspecified atom stereocenters. The number of nitrogens with one attached hydrogen (secondary N) is 1. The van der Waals surface area contributed by atoms with Gasteiger partial charge in [-0.25, -0.2) is 13.6 Å². The first-order chi connectivity index (χ1) is 17.3. The Morgan fingerprint density at radius 1 is 1.06 bits per heavy atom. The summed E-state index contributed by atoms with van der Waals surface area (Å²) in [5.41, 5.74) is 2.35. The molecule has 36 heavy (non-hydrogen) atoms. The number of benzene rings is 2. The van der Waals surface area contributed by atoms with Gasteiger partial charge in [0.1, 0.15) is 11.6 Å². The van der Waals surface area contributed by atoms with Gasteiger partial charge in [-0.1, -0.05) is 57.7 Å². The van der Waals surface area contributed by atoms with Gasteiger partial charge >= 0.3 is 6.03 Å². The lowest BCUT2D eigenvalue weighted by molar-refractivity contribution is 0.251. The van der Waals surface area contributed by atoms with E-state index >= 15 is 0 Å². The highest BCUT2D eigenvalue weighted by molar-refractivity contribution is 5.95. The summed E-state index contributed by atoms with van der Waals surface area (Å²) in [7, 11) is 0. The van der Waals surface area contributed by atoms with Crippen molar-refractivity contribution < 1.29 is 23.8 Å². The van der Waals surface area contributed by atoms with E-state index in [2.05, 4.69) is 19.2 Å². The van der Waals surface area contributed by atoms with Crippen LogP contribution >= 0.6 is 0 Å². The molecule has 2 atom stereocenters. The molecule has 2 fully saturated rings. The molecular formula is C29H38F2N2O3. The van der Waals surface area contributed by atoms with Crippen LogP contribution in [0.1, 0.15) is 64.4 Å². The number of anilines is 1. The van der Waals surface area contributed by atoms with Gasteiger partial charge in [0, 0.05) is 12.2 Å². The molecule has 196 valence electrons. The largest absolute Gasteiger partial charge is 0.513 e.